The Hall–Kier alpha value is -2.08. The molecule has 0 radical (unpaired) electrons. The first kappa shape index (κ1) is 17.0. The van der Waals surface area contributed by atoms with E-state index in [0.29, 0.717) is 5.75 Å². The minimum atomic E-state index is -0.375. The molecule has 0 amide bonds. The van der Waals surface area contributed by atoms with E-state index in [9.17, 15) is 10.2 Å². The summed E-state index contributed by atoms with van der Waals surface area (Å²) in [5.41, 5.74) is 1.61. The zero-order valence-electron chi connectivity index (χ0n) is 15.8. The predicted molar refractivity (Wildman–Crippen MR) is 103 cm³/mol. The molecule has 2 unspecified atom stereocenters. The third-order valence-corrected chi connectivity index (χ3v) is 6.85. The molecule has 4 aliphatic rings. The highest BCUT2D eigenvalue weighted by Crippen LogP contribution is 2.56. The van der Waals surface area contributed by atoms with Crippen molar-refractivity contribution in [2.24, 2.45) is 5.41 Å². The maximum atomic E-state index is 11.4. The number of hydrogen-bond donors (Lipinski definition) is 2. The number of aromatic hydroxyl groups is 1. The van der Waals surface area contributed by atoms with Crippen LogP contribution in [0.4, 0.5) is 0 Å². The van der Waals surface area contributed by atoms with Gasteiger partial charge in [-0.1, -0.05) is 49.4 Å². The first-order valence-electron chi connectivity index (χ1n) is 9.56. The molecule has 4 fully saturated rings. The van der Waals surface area contributed by atoms with Gasteiger partial charge in [-0.15, -0.1) is 0 Å². The summed E-state index contributed by atoms with van der Waals surface area (Å²) in [6.07, 6.45) is -0.364. The fraction of sp³-hybridized carbons (Fsp3) is 0.455. The highest BCUT2D eigenvalue weighted by atomic mass is 16.5. The van der Waals surface area contributed by atoms with E-state index < -0.39 is 0 Å². The summed E-state index contributed by atoms with van der Waals surface area (Å²) in [6.45, 7) is 5.40. The van der Waals surface area contributed by atoms with Gasteiger partial charge < -0.3 is 14.9 Å². The average molecular weight is 366 g/mol. The van der Waals surface area contributed by atoms with Crippen molar-refractivity contribution in [3.63, 3.8) is 0 Å². The molecule has 3 atom stereocenters. The molecule has 0 spiro atoms. The minimum absolute atomic E-state index is 0.0116. The van der Waals surface area contributed by atoms with E-state index in [4.69, 9.17) is 4.74 Å². The van der Waals surface area contributed by atoms with E-state index in [1.165, 1.54) is 5.56 Å². The van der Waals surface area contributed by atoms with Crippen molar-refractivity contribution in [2.45, 2.75) is 24.6 Å². The second kappa shape index (κ2) is 5.71. The van der Waals surface area contributed by atoms with Gasteiger partial charge in [0.1, 0.15) is 0 Å². The van der Waals surface area contributed by atoms with Gasteiger partial charge in [0.15, 0.2) is 11.5 Å². The summed E-state index contributed by atoms with van der Waals surface area (Å²) in [5, 5.41) is 22.1. The Kier molecular flexibility index (Phi) is 3.60. The van der Waals surface area contributed by atoms with Gasteiger partial charge in [0.25, 0.3) is 0 Å². The monoisotopic (exact) mass is 366 g/mol. The Morgan fingerprint density at radius 1 is 0.963 bits per heavy atom. The van der Waals surface area contributed by atoms with Gasteiger partial charge in [0.2, 0.25) is 0 Å². The van der Waals surface area contributed by atoms with Crippen LogP contribution in [0.2, 0.25) is 0 Å². The van der Waals surface area contributed by atoms with Gasteiger partial charge in [-0.05, 0) is 11.6 Å². The Balaban J connectivity index is 1.60. The molecule has 5 heteroatoms. The van der Waals surface area contributed by atoms with E-state index in [-0.39, 0.29) is 28.8 Å². The number of ether oxygens (including phenoxy) is 1. The van der Waals surface area contributed by atoms with Crippen LogP contribution in [0.15, 0.2) is 48.5 Å². The van der Waals surface area contributed by atoms with Crippen molar-refractivity contribution < 1.29 is 14.9 Å². The van der Waals surface area contributed by atoms with E-state index in [1.54, 1.807) is 13.2 Å². The molecule has 27 heavy (non-hydrogen) atoms. The van der Waals surface area contributed by atoms with Crippen molar-refractivity contribution in [3.05, 3.63) is 59.7 Å². The fourth-order valence-corrected chi connectivity index (χ4v) is 5.87. The van der Waals surface area contributed by atoms with Crippen LogP contribution in [0.5, 0.6) is 11.5 Å². The molecular formula is C22H26N2O3. The maximum absolute atomic E-state index is 11.4. The third-order valence-electron chi connectivity index (χ3n) is 6.85. The number of hydrogen-bond acceptors (Lipinski definition) is 5. The Labute approximate surface area is 159 Å². The Morgan fingerprint density at radius 2 is 1.63 bits per heavy atom. The van der Waals surface area contributed by atoms with Crippen LogP contribution in [0.1, 0.15) is 24.2 Å². The second-order valence-corrected chi connectivity index (χ2v) is 8.66. The predicted octanol–water partition coefficient (Wildman–Crippen LogP) is 2.35. The highest BCUT2D eigenvalue weighted by Gasteiger charge is 2.64. The molecule has 6 rings (SSSR count). The second-order valence-electron chi connectivity index (χ2n) is 8.66. The normalized spacial score (nSPS) is 39.5. The smallest absolute Gasteiger partial charge is 0.163 e. The zero-order valence-corrected chi connectivity index (χ0v) is 15.8. The molecule has 2 N–H and O–H groups in total. The van der Waals surface area contributed by atoms with Crippen LogP contribution in [0.25, 0.3) is 0 Å². The lowest BCUT2D eigenvalue weighted by Crippen LogP contribution is -2.79. The van der Waals surface area contributed by atoms with Crippen molar-refractivity contribution in [3.8, 4) is 11.5 Å². The molecule has 2 aromatic carbocycles. The first-order chi connectivity index (χ1) is 13.0. The summed E-state index contributed by atoms with van der Waals surface area (Å²) < 4.78 is 5.33. The Morgan fingerprint density at radius 3 is 2.26 bits per heavy atom. The molecular weight excluding hydrogens is 340 g/mol. The third kappa shape index (κ3) is 2.22. The molecule has 0 aliphatic carbocycles. The molecule has 0 aromatic heterocycles. The van der Waals surface area contributed by atoms with Gasteiger partial charge in [0.05, 0.1) is 19.4 Å². The van der Waals surface area contributed by atoms with Crippen LogP contribution < -0.4 is 4.74 Å². The highest BCUT2D eigenvalue weighted by molar-refractivity contribution is 5.48. The van der Waals surface area contributed by atoms with E-state index >= 15 is 0 Å². The van der Waals surface area contributed by atoms with Crippen LogP contribution in [-0.4, -0.2) is 59.4 Å². The number of benzene rings is 2. The van der Waals surface area contributed by atoms with Gasteiger partial charge >= 0.3 is 0 Å². The van der Waals surface area contributed by atoms with Crippen molar-refractivity contribution >= 4 is 0 Å². The minimum Gasteiger partial charge on any atom is -0.504 e. The summed E-state index contributed by atoms with van der Waals surface area (Å²) in [5.74, 6) is 0.727. The van der Waals surface area contributed by atoms with Crippen LogP contribution in [-0.2, 0) is 5.41 Å². The molecule has 4 aliphatic heterocycles. The summed E-state index contributed by atoms with van der Waals surface area (Å²) in [7, 11) is 1.58. The van der Waals surface area contributed by atoms with Crippen molar-refractivity contribution in [1.29, 1.82) is 0 Å². The van der Waals surface area contributed by atoms with Crippen LogP contribution in [0.3, 0.4) is 0 Å². The number of methoxy groups -OCH3 is 1. The van der Waals surface area contributed by atoms with Gasteiger partial charge in [0, 0.05) is 42.6 Å². The zero-order chi connectivity index (χ0) is 18.8. The number of aliphatic hydroxyl groups is 1. The lowest BCUT2D eigenvalue weighted by molar-refractivity contribution is -0.232. The quantitative estimate of drug-likeness (QED) is 0.873. The van der Waals surface area contributed by atoms with Gasteiger partial charge in [-0.25, -0.2) is 0 Å². The SMILES string of the molecule is COc1cccc(C2N3CC4(C)CN2CC(c2ccccc2)(C3)[C@@H]4O)c1O. The molecule has 142 valence electrons. The Bertz CT molecular complexity index is 853. The van der Waals surface area contributed by atoms with Crippen LogP contribution in [0, 0.1) is 5.41 Å². The number of phenols is 1. The van der Waals surface area contributed by atoms with E-state index in [2.05, 4.69) is 41.0 Å². The van der Waals surface area contributed by atoms with Crippen molar-refractivity contribution in [2.75, 3.05) is 33.3 Å². The topological polar surface area (TPSA) is 56.2 Å². The number of aliphatic hydroxyl groups excluding tert-OH is 1. The van der Waals surface area contributed by atoms with E-state index in [0.717, 1.165) is 31.7 Å². The molecule has 4 bridgehead atoms. The first-order valence-corrected chi connectivity index (χ1v) is 9.56. The number of piperidine rings is 2. The fourth-order valence-electron chi connectivity index (χ4n) is 5.87. The molecule has 5 nitrogen and oxygen atoms in total. The summed E-state index contributed by atoms with van der Waals surface area (Å²) >= 11 is 0. The molecule has 0 saturated carbocycles. The maximum Gasteiger partial charge on any atom is 0.163 e. The van der Waals surface area contributed by atoms with E-state index in [1.807, 2.05) is 18.2 Å². The average Bonchev–Trinajstić information content (AvgIpc) is 2.66. The van der Waals surface area contributed by atoms with Gasteiger partial charge in [-0.3, -0.25) is 9.80 Å². The molecule has 4 saturated heterocycles. The number of phenolic OH excluding ortho intramolecular Hbond substituents is 1. The summed E-state index contributed by atoms with van der Waals surface area (Å²) in [4.78, 5) is 4.84. The lowest BCUT2D eigenvalue weighted by Gasteiger charge is -2.69. The lowest BCUT2D eigenvalue weighted by atomic mass is 9.57. The number of rotatable bonds is 3. The standard InChI is InChI=1S/C22H26N2O3/c1-21-11-23-13-22(20(21)26,15-7-4-3-5-8-15)14-24(12-21)19(23)16-9-6-10-17(27-2)18(16)25/h3-10,19-20,25-26H,11-14H2,1-2H3/t19?,20-,21?,22?/m1/s1. The van der Waals surface area contributed by atoms with Gasteiger partial charge in [-0.2, -0.15) is 0 Å². The number of para-hydroxylation sites is 1. The van der Waals surface area contributed by atoms with Crippen LogP contribution >= 0.6 is 0 Å². The van der Waals surface area contributed by atoms with Crippen molar-refractivity contribution in [1.82, 2.24) is 9.80 Å². The summed E-state index contributed by atoms with van der Waals surface area (Å²) in [6, 6.07) is 16.1. The molecule has 2 aromatic rings. The number of nitrogens with zero attached hydrogens (tertiary/aromatic N) is 2. The molecule has 4 heterocycles. The largest absolute Gasteiger partial charge is 0.504 e.